The Hall–Kier alpha value is -2.67. The highest BCUT2D eigenvalue weighted by atomic mass is 35.5. The third-order valence-corrected chi connectivity index (χ3v) is 8.20. The molecule has 0 bridgehead atoms. The van der Waals surface area contributed by atoms with Crippen LogP contribution in [-0.2, 0) is 21.0 Å². The van der Waals surface area contributed by atoms with Crippen molar-refractivity contribution >= 4 is 58.1 Å². The van der Waals surface area contributed by atoms with Gasteiger partial charge in [-0.3, -0.25) is 8.87 Å². The first-order valence-corrected chi connectivity index (χ1v) is 14.2. The number of fused-ring (bicyclic) bond motifs is 1. The smallest absolute Gasteiger partial charge is 0.345 e. The van der Waals surface area contributed by atoms with Gasteiger partial charge in [0.15, 0.2) is 0 Å². The molecule has 0 fully saturated rings. The maximum Gasteiger partial charge on any atom is 0.345 e. The van der Waals surface area contributed by atoms with Crippen LogP contribution >= 0.6 is 30.8 Å². The summed E-state index contributed by atoms with van der Waals surface area (Å²) in [5, 5.41) is 0.120. The van der Waals surface area contributed by atoms with E-state index in [9.17, 15) is 22.8 Å². The van der Waals surface area contributed by atoms with Gasteiger partial charge in [-0.05, 0) is 48.4 Å². The summed E-state index contributed by atoms with van der Waals surface area (Å²) in [6, 6.07) is 8.38. The van der Waals surface area contributed by atoms with E-state index in [-0.39, 0.29) is 38.6 Å². The molecule has 1 aromatic heterocycles. The van der Waals surface area contributed by atoms with Crippen molar-refractivity contribution in [3.63, 3.8) is 0 Å². The largest absolute Gasteiger partial charge is 0.467 e. The number of rotatable bonds is 8. The Morgan fingerprint density at radius 2 is 1.64 bits per heavy atom. The number of benzene rings is 2. The Morgan fingerprint density at radius 1 is 1.03 bits per heavy atom. The monoisotopic (exact) mass is 575 g/mol. The van der Waals surface area contributed by atoms with Gasteiger partial charge in [-0.25, -0.2) is 8.42 Å². The highest BCUT2D eigenvalue weighted by Gasteiger charge is 2.33. The number of nitrogens with zero attached hydrogens (tertiary/aromatic N) is 5. The fourth-order valence-electron chi connectivity index (χ4n) is 3.65. The standard InChI is InChI=1S/C20H20Cl2N5O7PS/c1-33-19-23-18(24-20(25-19)34-2)26-6-5-12-7-15(3-4-17(12)26)27(11-35(28,29)30)36(31,32)16-9-13(21)8-14(22)10-16/h3-4,7-10H,5-6,11H2,1-2H3,(H2,28,29,30). The zero-order valence-electron chi connectivity index (χ0n) is 18.9. The molecule has 4 rings (SSSR count). The highest BCUT2D eigenvalue weighted by Crippen LogP contribution is 2.42. The molecule has 0 amide bonds. The van der Waals surface area contributed by atoms with Crippen LogP contribution in [0.2, 0.25) is 10.0 Å². The summed E-state index contributed by atoms with van der Waals surface area (Å²) in [5.74, 6) is 0.262. The lowest BCUT2D eigenvalue weighted by Crippen LogP contribution is -2.32. The lowest BCUT2D eigenvalue weighted by molar-refractivity contribution is 0.340. The molecule has 16 heteroatoms. The Labute approximate surface area is 216 Å². The van der Waals surface area contributed by atoms with Crippen molar-refractivity contribution in [1.82, 2.24) is 15.0 Å². The molecule has 192 valence electrons. The summed E-state index contributed by atoms with van der Waals surface area (Å²) in [5.41, 5.74) is 1.44. The van der Waals surface area contributed by atoms with E-state index in [2.05, 4.69) is 15.0 Å². The number of anilines is 3. The summed E-state index contributed by atoms with van der Waals surface area (Å²) < 4.78 is 49.6. The zero-order valence-corrected chi connectivity index (χ0v) is 22.1. The van der Waals surface area contributed by atoms with E-state index in [1.165, 1.54) is 26.4 Å². The second-order valence-corrected chi connectivity index (χ2v) is 11.9. The SMILES string of the molecule is COc1nc(OC)nc(N2CCc3cc(N(CP(=O)(O)O)S(=O)(=O)c4cc(Cl)cc(Cl)c4)ccc32)n1. The Kier molecular flexibility index (Phi) is 7.33. The molecule has 0 unspecified atom stereocenters. The molecule has 0 spiro atoms. The van der Waals surface area contributed by atoms with E-state index in [1.807, 2.05) is 0 Å². The molecule has 3 aromatic rings. The van der Waals surface area contributed by atoms with Crippen molar-refractivity contribution in [3.05, 3.63) is 52.0 Å². The molecule has 2 heterocycles. The van der Waals surface area contributed by atoms with E-state index in [4.69, 9.17) is 32.7 Å². The molecule has 2 aromatic carbocycles. The molecule has 0 aliphatic carbocycles. The van der Waals surface area contributed by atoms with Crippen LogP contribution in [0, 0.1) is 0 Å². The minimum absolute atomic E-state index is 0.0563. The zero-order chi connectivity index (χ0) is 26.3. The van der Waals surface area contributed by atoms with Crippen LogP contribution in [-0.4, -0.2) is 60.2 Å². The van der Waals surface area contributed by atoms with Gasteiger partial charge in [0, 0.05) is 22.3 Å². The third-order valence-electron chi connectivity index (χ3n) is 5.17. The second kappa shape index (κ2) is 10.0. The summed E-state index contributed by atoms with van der Waals surface area (Å²) in [7, 11) is -6.43. The third kappa shape index (κ3) is 5.51. The summed E-state index contributed by atoms with van der Waals surface area (Å²) in [6.45, 7) is 0.449. The van der Waals surface area contributed by atoms with Crippen molar-refractivity contribution in [2.75, 3.05) is 36.3 Å². The highest BCUT2D eigenvalue weighted by molar-refractivity contribution is 7.93. The number of hydrogen-bond donors (Lipinski definition) is 2. The first-order valence-electron chi connectivity index (χ1n) is 10.2. The van der Waals surface area contributed by atoms with Gasteiger partial charge in [0.2, 0.25) is 5.95 Å². The van der Waals surface area contributed by atoms with E-state index in [0.29, 0.717) is 28.5 Å². The predicted octanol–water partition coefficient (Wildman–Crippen LogP) is 3.22. The molecule has 0 saturated heterocycles. The minimum Gasteiger partial charge on any atom is -0.467 e. The van der Waals surface area contributed by atoms with Gasteiger partial charge in [0.25, 0.3) is 10.0 Å². The van der Waals surface area contributed by atoms with Crippen molar-refractivity contribution in [3.8, 4) is 12.0 Å². The van der Waals surface area contributed by atoms with Gasteiger partial charge < -0.3 is 24.2 Å². The lowest BCUT2D eigenvalue weighted by Gasteiger charge is -2.26. The van der Waals surface area contributed by atoms with Gasteiger partial charge in [0.1, 0.15) is 6.29 Å². The molecule has 0 atom stereocenters. The Balaban J connectivity index is 1.77. The van der Waals surface area contributed by atoms with Crippen LogP contribution in [0.1, 0.15) is 5.56 Å². The fourth-order valence-corrected chi connectivity index (χ4v) is 7.06. The van der Waals surface area contributed by atoms with E-state index >= 15 is 0 Å². The molecule has 0 radical (unpaired) electrons. The molecule has 36 heavy (non-hydrogen) atoms. The summed E-state index contributed by atoms with van der Waals surface area (Å²) in [4.78, 5) is 33.2. The first-order chi connectivity index (χ1) is 16.9. The van der Waals surface area contributed by atoms with E-state index < -0.39 is 23.9 Å². The van der Waals surface area contributed by atoms with Crippen molar-refractivity contribution < 1.29 is 32.2 Å². The van der Waals surface area contributed by atoms with Crippen LogP contribution in [0.3, 0.4) is 0 Å². The molecule has 1 aliphatic heterocycles. The Bertz CT molecular complexity index is 1430. The molecular formula is C20H20Cl2N5O7PS. The summed E-state index contributed by atoms with van der Waals surface area (Å²) in [6.07, 6.45) is -0.601. The van der Waals surface area contributed by atoms with Crippen LogP contribution in [0.25, 0.3) is 0 Å². The second-order valence-electron chi connectivity index (χ2n) is 7.59. The number of aromatic nitrogens is 3. The number of halogens is 2. The van der Waals surface area contributed by atoms with Gasteiger partial charge in [-0.15, -0.1) is 4.98 Å². The van der Waals surface area contributed by atoms with Crippen molar-refractivity contribution in [2.24, 2.45) is 0 Å². The van der Waals surface area contributed by atoms with E-state index in [0.717, 1.165) is 12.1 Å². The molecule has 1 aliphatic rings. The van der Waals surface area contributed by atoms with Crippen LogP contribution < -0.4 is 18.7 Å². The van der Waals surface area contributed by atoms with Crippen molar-refractivity contribution in [1.29, 1.82) is 0 Å². The maximum absolute atomic E-state index is 13.4. The number of hydrogen-bond acceptors (Lipinski definition) is 9. The van der Waals surface area contributed by atoms with Crippen molar-refractivity contribution in [2.45, 2.75) is 11.3 Å². The Morgan fingerprint density at radius 3 is 2.19 bits per heavy atom. The predicted molar refractivity (Wildman–Crippen MR) is 133 cm³/mol. The fraction of sp³-hybridized carbons (Fsp3) is 0.250. The molecule has 0 saturated carbocycles. The van der Waals surface area contributed by atoms with Gasteiger partial charge in [-0.1, -0.05) is 23.2 Å². The maximum atomic E-state index is 13.4. The van der Waals surface area contributed by atoms with Crippen LogP contribution in [0.4, 0.5) is 17.3 Å². The average Bonchev–Trinajstić information content (AvgIpc) is 3.24. The van der Waals surface area contributed by atoms with Gasteiger partial charge >= 0.3 is 19.6 Å². The topological polar surface area (TPSA) is 155 Å². The number of ether oxygens (including phenoxy) is 2. The van der Waals surface area contributed by atoms with Gasteiger partial charge in [0.05, 0.1) is 24.8 Å². The molecular weight excluding hydrogens is 556 g/mol. The molecule has 2 N–H and O–H groups in total. The number of sulfonamides is 1. The number of methoxy groups -OCH3 is 2. The van der Waals surface area contributed by atoms with Crippen LogP contribution in [0.15, 0.2) is 41.3 Å². The average molecular weight is 576 g/mol. The quantitative estimate of drug-likeness (QED) is 0.380. The summed E-state index contributed by atoms with van der Waals surface area (Å²) >= 11 is 11.9. The van der Waals surface area contributed by atoms with Crippen LogP contribution in [0.5, 0.6) is 12.0 Å². The minimum atomic E-state index is -4.81. The van der Waals surface area contributed by atoms with E-state index in [1.54, 1.807) is 17.0 Å². The molecule has 12 nitrogen and oxygen atoms in total. The van der Waals surface area contributed by atoms with Gasteiger partial charge in [-0.2, -0.15) is 9.97 Å². The normalized spacial score (nSPS) is 13.4. The first kappa shape index (κ1) is 26.4. The lowest BCUT2D eigenvalue weighted by atomic mass is 10.1.